The smallest absolute Gasteiger partial charge is 0.363 e. The molecule has 0 aromatic heterocycles. The van der Waals surface area contributed by atoms with E-state index in [0.29, 0.717) is 21.8 Å². The molecule has 1 aliphatic rings. The van der Waals surface area contributed by atoms with Gasteiger partial charge in [0.25, 0.3) is 0 Å². The lowest BCUT2D eigenvalue weighted by molar-refractivity contribution is -0.129. The van der Waals surface area contributed by atoms with Gasteiger partial charge in [-0.05, 0) is 72.3 Å². The van der Waals surface area contributed by atoms with Gasteiger partial charge in [0.05, 0.1) is 0 Å². The number of rotatable bonds is 6. The van der Waals surface area contributed by atoms with Crippen LogP contribution in [0.1, 0.15) is 18.1 Å². The second-order valence-corrected chi connectivity index (χ2v) is 9.14. The van der Waals surface area contributed by atoms with Crippen molar-refractivity contribution in [3.8, 4) is 5.75 Å². The van der Waals surface area contributed by atoms with Crippen LogP contribution in [0, 0.1) is 0 Å². The molecule has 0 unspecified atom stereocenters. The van der Waals surface area contributed by atoms with Gasteiger partial charge in [-0.15, -0.1) is 0 Å². The van der Waals surface area contributed by atoms with Crippen molar-refractivity contribution in [3.05, 3.63) is 94.6 Å². The van der Waals surface area contributed by atoms with Crippen LogP contribution in [0.25, 0.3) is 6.08 Å². The number of benzene rings is 3. The van der Waals surface area contributed by atoms with Crippen LogP contribution >= 0.6 is 11.6 Å². The van der Waals surface area contributed by atoms with Crippen molar-refractivity contribution in [3.63, 3.8) is 0 Å². The Hall–Kier alpha value is -3.95. The molecular formula is C24H17ClN2O6S. The third kappa shape index (κ3) is 5.51. The average molecular weight is 497 g/mol. The van der Waals surface area contributed by atoms with Crippen molar-refractivity contribution >= 4 is 51.3 Å². The van der Waals surface area contributed by atoms with Gasteiger partial charge >= 0.3 is 16.1 Å². The third-order valence-corrected chi connectivity index (χ3v) is 6.08. The van der Waals surface area contributed by atoms with E-state index >= 15 is 0 Å². The van der Waals surface area contributed by atoms with Crippen LogP contribution in [-0.4, -0.2) is 26.2 Å². The van der Waals surface area contributed by atoms with Crippen molar-refractivity contribution in [1.29, 1.82) is 0 Å². The Morgan fingerprint density at radius 2 is 1.65 bits per heavy atom. The predicted octanol–water partition coefficient (Wildman–Crippen LogP) is 4.41. The van der Waals surface area contributed by atoms with Crippen molar-refractivity contribution in [2.75, 3.05) is 5.32 Å². The molecule has 0 saturated carbocycles. The molecule has 1 heterocycles. The second kappa shape index (κ2) is 9.50. The molecule has 0 radical (unpaired) electrons. The zero-order chi connectivity index (χ0) is 24.3. The van der Waals surface area contributed by atoms with Gasteiger partial charge in [0, 0.05) is 23.2 Å². The summed E-state index contributed by atoms with van der Waals surface area (Å²) in [7, 11) is -4.08. The van der Waals surface area contributed by atoms with E-state index in [1.54, 1.807) is 36.4 Å². The number of hydrogen-bond acceptors (Lipinski definition) is 7. The van der Waals surface area contributed by atoms with Gasteiger partial charge in [-0.1, -0.05) is 23.7 Å². The van der Waals surface area contributed by atoms with E-state index in [-0.39, 0.29) is 28.1 Å². The zero-order valence-electron chi connectivity index (χ0n) is 17.7. The summed E-state index contributed by atoms with van der Waals surface area (Å²) in [4.78, 5) is 27.4. The Kier molecular flexibility index (Phi) is 6.49. The highest BCUT2D eigenvalue weighted by atomic mass is 35.5. The molecule has 172 valence electrons. The lowest BCUT2D eigenvalue weighted by atomic mass is 10.2. The largest absolute Gasteiger partial charge is 0.402 e. The fraction of sp³-hybridized carbons (Fsp3) is 0.0417. The normalized spacial score (nSPS) is 14.5. The maximum Gasteiger partial charge on any atom is 0.363 e. The van der Waals surface area contributed by atoms with Crippen molar-refractivity contribution in [2.45, 2.75) is 11.8 Å². The van der Waals surface area contributed by atoms with Crippen LogP contribution in [0.4, 0.5) is 5.69 Å². The number of esters is 1. The van der Waals surface area contributed by atoms with Crippen LogP contribution in [0.5, 0.6) is 5.75 Å². The lowest BCUT2D eigenvalue weighted by Crippen LogP contribution is -2.10. The Morgan fingerprint density at radius 3 is 2.26 bits per heavy atom. The molecule has 8 nitrogen and oxygen atoms in total. The zero-order valence-corrected chi connectivity index (χ0v) is 19.3. The molecule has 1 aliphatic heterocycles. The molecule has 3 aromatic carbocycles. The fourth-order valence-electron chi connectivity index (χ4n) is 2.99. The van der Waals surface area contributed by atoms with Crippen LogP contribution in [0.3, 0.4) is 0 Å². The van der Waals surface area contributed by atoms with Crippen LogP contribution in [0.15, 0.2) is 88.4 Å². The maximum absolute atomic E-state index is 12.5. The molecule has 0 bridgehead atoms. The Bertz CT molecular complexity index is 1410. The van der Waals surface area contributed by atoms with Gasteiger partial charge in [0.1, 0.15) is 10.6 Å². The van der Waals surface area contributed by atoms with Gasteiger partial charge in [-0.3, -0.25) is 4.79 Å². The monoisotopic (exact) mass is 496 g/mol. The lowest BCUT2D eigenvalue weighted by Gasteiger charge is -2.08. The molecule has 1 amide bonds. The minimum Gasteiger partial charge on any atom is -0.402 e. The minimum absolute atomic E-state index is 0.0643. The van der Waals surface area contributed by atoms with Crippen LogP contribution in [0.2, 0.25) is 5.02 Å². The van der Waals surface area contributed by atoms with Gasteiger partial charge in [-0.2, -0.15) is 8.42 Å². The molecule has 0 fully saturated rings. The summed E-state index contributed by atoms with van der Waals surface area (Å²) < 4.78 is 35.4. The molecule has 34 heavy (non-hydrogen) atoms. The Labute approximate surface area is 200 Å². The summed E-state index contributed by atoms with van der Waals surface area (Å²) in [6.45, 7) is 1.36. The van der Waals surface area contributed by atoms with Crippen molar-refractivity contribution in [1.82, 2.24) is 0 Å². The van der Waals surface area contributed by atoms with Gasteiger partial charge in [0.15, 0.2) is 5.70 Å². The number of carbonyl (C=O) groups is 2. The van der Waals surface area contributed by atoms with E-state index in [1.807, 2.05) is 0 Å². The van der Waals surface area contributed by atoms with E-state index < -0.39 is 16.1 Å². The number of aliphatic imine (C=N–C) groups is 1. The van der Waals surface area contributed by atoms with Crippen LogP contribution < -0.4 is 9.50 Å². The minimum atomic E-state index is -4.08. The highest BCUT2D eigenvalue weighted by molar-refractivity contribution is 7.87. The fourth-order valence-corrected chi connectivity index (χ4v) is 4.04. The van der Waals surface area contributed by atoms with Crippen molar-refractivity contribution < 1.29 is 26.9 Å². The third-order valence-electron chi connectivity index (χ3n) is 4.56. The van der Waals surface area contributed by atoms with E-state index in [1.165, 1.54) is 49.4 Å². The van der Waals surface area contributed by atoms with Gasteiger partial charge in [-0.25, -0.2) is 9.79 Å². The quantitative estimate of drug-likeness (QED) is 0.307. The summed E-state index contributed by atoms with van der Waals surface area (Å²) in [6.07, 6.45) is 1.52. The highest BCUT2D eigenvalue weighted by Gasteiger charge is 2.24. The molecular weight excluding hydrogens is 480 g/mol. The number of carbonyl (C=O) groups excluding carboxylic acids is 2. The molecule has 4 rings (SSSR count). The number of cyclic esters (lactones) is 1. The number of amides is 1. The first-order chi connectivity index (χ1) is 16.2. The number of nitrogens with zero attached hydrogens (tertiary/aromatic N) is 1. The van der Waals surface area contributed by atoms with E-state index in [2.05, 4.69) is 10.3 Å². The molecule has 3 aromatic rings. The molecule has 0 atom stereocenters. The molecule has 0 aliphatic carbocycles. The first-order valence-electron chi connectivity index (χ1n) is 9.90. The molecule has 0 saturated heterocycles. The summed E-state index contributed by atoms with van der Waals surface area (Å²) >= 11 is 5.87. The van der Waals surface area contributed by atoms with E-state index in [0.717, 1.165) is 0 Å². The maximum atomic E-state index is 12.5. The topological polar surface area (TPSA) is 111 Å². The van der Waals surface area contributed by atoms with Gasteiger partial charge < -0.3 is 14.2 Å². The standard InChI is InChI=1S/C24H17ClN2O6S/c1-15(28)26-19-8-12-21(13-9-19)34(30,31)33-20-10-2-16(3-11-20)14-22-24(29)32-23(27-22)17-4-6-18(25)7-5-17/h2-14H,1H3,(H,26,28)/b22-14-. The Balaban J connectivity index is 1.47. The van der Waals surface area contributed by atoms with Crippen LogP contribution in [-0.2, 0) is 24.4 Å². The molecule has 10 heteroatoms. The number of ether oxygens (including phenoxy) is 1. The summed E-state index contributed by atoms with van der Waals surface area (Å²) in [5.74, 6) is -0.605. The summed E-state index contributed by atoms with van der Waals surface area (Å²) in [5, 5.41) is 3.11. The van der Waals surface area contributed by atoms with Crippen molar-refractivity contribution in [2.24, 2.45) is 4.99 Å². The summed E-state index contributed by atoms with van der Waals surface area (Å²) in [6, 6.07) is 18.4. The molecule has 0 spiro atoms. The SMILES string of the molecule is CC(=O)Nc1ccc(S(=O)(=O)Oc2ccc(/C=C3\N=C(c4ccc(Cl)cc4)OC3=O)cc2)cc1. The second-order valence-electron chi connectivity index (χ2n) is 7.16. The predicted molar refractivity (Wildman–Crippen MR) is 127 cm³/mol. The van der Waals surface area contributed by atoms with E-state index in [9.17, 15) is 18.0 Å². The first-order valence-corrected chi connectivity index (χ1v) is 11.7. The Morgan fingerprint density at radius 1 is 1.00 bits per heavy atom. The highest BCUT2D eigenvalue weighted by Crippen LogP contribution is 2.24. The number of anilines is 1. The molecule has 1 N–H and O–H groups in total. The first kappa shape index (κ1) is 23.2. The summed E-state index contributed by atoms with van der Waals surface area (Å²) in [5.41, 5.74) is 1.78. The number of halogens is 1. The average Bonchev–Trinajstić information content (AvgIpc) is 3.15. The number of nitrogens with one attached hydrogen (secondary N) is 1. The van der Waals surface area contributed by atoms with Gasteiger partial charge in [0.2, 0.25) is 11.8 Å². The van der Waals surface area contributed by atoms with E-state index in [4.69, 9.17) is 20.5 Å². The number of hydrogen-bond donors (Lipinski definition) is 1.